The molecule has 0 spiro atoms. The van der Waals surface area contributed by atoms with E-state index in [1.807, 2.05) is 5.32 Å². The molecule has 0 bridgehead atoms. The first kappa shape index (κ1) is 12.1. The molecule has 0 saturated heterocycles. The number of hydrogen-bond donors (Lipinski definition) is 3. The minimum absolute atomic E-state index is 0.0263. The first-order chi connectivity index (χ1) is 8.60. The van der Waals surface area contributed by atoms with E-state index in [2.05, 4.69) is 4.98 Å². The molecule has 7 heteroatoms. The smallest absolute Gasteiger partial charge is 0.409 e. The van der Waals surface area contributed by atoms with Gasteiger partial charge in [0.05, 0.1) is 12.2 Å². The number of halogens is 1. The summed E-state index contributed by atoms with van der Waals surface area (Å²) >= 11 is 0. The molecule has 0 aliphatic heterocycles. The zero-order valence-electron chi connectivity index (χ0n) is 9.05. The second-order valence-corrected chi connectivity index (χ2v) is 3.43. The Bertz CT molecular complexity index is 582. The number of aliphatic hydroxyl groups excluding tert-OH is 1. The standard InChI is InChI=1S/C11H9FN2O4/c12-9-3-6(14-11(16)17)1-2-8(9)10-13-7(4-15)5-18-10/h1-3,5,14-15H,4H2,(H,16,17). The Kier molecular flexibility index (Phi) is 3.24. The maximum Gasteiger partial charge on any atom is 0.409 e. The summed E-state index contributed by atoms with van der Waals surface area (Å²) in [4.78, 5) is 14.2. The van der Waals surface area contributed by atoms with Crippen molar-refractivity contribution in [2.75, 3.05) is 5.32 Å². The third-order valence-corrected chi connectivity index (χ3v) is 2.16. The molecule has 0 atom stereocenters. The topological polar surface area (TPSA) is 95.6 Å². The molecule has 0 fully saturated rings. The van der Waals surface area contributed by atoms with Crippen LogP contribution in [0.1, 0.15) is 5.69 Å². The van der Waals surface area contributed by atoms with E-state index in [1.165, 1.54) is 18.4 Å². The van der Waals surface area contributed by atoms with Crippen LogP contribution in [0.2, 0.25) is 0 Å². The van der Waals surface area contributed by atoms with Gasteiger partial charge in [0.1, 0.15) is 17.8 Å². The molecule has 1 aromatic heterocycles. The van der Waals surface area contributed by atoms with Gasteiger partial charge in [-0.2, -0.15) is 0 Å². The Hall–Kier alpha value is -2.41. The van der Waals surface area contributed by atoms with Gasteiger partial charge in [0.2, 0.25) is 5.89 Å². The van der Waals surface area contributed by atoms with Crippen LogP contribution < -0.4 is 5.32 Å². The third kappa shape index (κ3) is 2.46. The van der Waals surface area contributed by atoms with Crippen LogP contribution in [0.4, 0.5) is 14.9 Å². The van der Waals surface area contributed by atoms with Gasteiger partial charge >= 0.3 is 6.09 Å². The Balaban J connectivity index is 2.32. The number of rotatable bonds is 3. The fourth-order valence-corrected chi connectivity index (χ4v) is 1.39. The van der Waals surface area contributed by atoms with Crippen molar-refractivity contribution in [3.05, 3.63) is 36.0 Å². The van der Waals surface area contributed by atoms with Gasteiger partial charge in [-0.1, -0.05) is 0 Å². The summed E-state index contributed by atoms with van der Waals surface area (Å²) < 4.78 is 18.7. The summed E-state index contributed by atoms with van der Waals surface area (Å²) in [5, 5.41) is 19.3. The number of benzene rings is 1. The van der Waals surface area contributed by atoms with E-state index in [0.717, 1.165) is 6.07 Å². The van der Waals surface area contributed by atoms with Gasteiger partial charge in [0.25, 0.3) is 0 Å². The summed E-state index contributed by atoms with van der Waals surface area (Å²) in [6.45, 7) is -0.302. The lowest BCUT2D eigenvalue weighted by Gasteiger charge is -2.03. The van der Waals surface area contributed by atoms with E-state index in [-0.39, 0.29) is 29.4 Å². The first-order valence-corrected chi connectivity index (χ1v) is 4.95. The molecular formula is C11H9FN2O4. The first-order valence-electron chi connectivity index (χ1n) is 4.95. The van der Waals surface area contributed by atoms with Gasteiger partial charge in [0, 0.05) is 5.69 Å². The average Bonchev–Trinajstić information content (AvgIpc) is 2.76. The number of aromatic nitrogens is 1. The monoisotopic (exact) mass is 252 g/mol. The van der Waals surface area contributed by atoms with E-state index in [1.54, 1.807) is 0 Å². The van der Waals surface area contributed by atoms with Crippen molar-refractivity contribution in [1.82, 2.24) is 4.98 Å². The second kappa shape index (κ2) is 4.84. The maximum atomic E-state index is 13.7. The highest BCUT2D eigenvalue weighted by Gasteiger charge is 2.12. The van der Waals surface area contributed by atoms with Crippen molar-refractivity contribution < 1.29 is 23.8 Å². The van der Waals surface area contributed by atoms with Crippen LogP contribution in [0.25, 0.3) is 11.5 Å². The molecule has 0 saturated carbocycles. The van der Waals surface area contributed by atoms with Crippen LogP contribution in [-0.4, -0.2) is 21.3 Å². The molecule has 6 nitrogen and oxygen atoms in total. The number of carboxylic acid groups (broad SMARTS) is 1. The largest absolute Gasteiger partial charge is 0.465 e. The molecule has 18 heavy (non-hydrogen) atoms. The molecule has 1 aromatic carbocycles. The van der Waals surface area contributed by atoms with Crippen LogP contribution in [0.15, 0.2) is 28.9 Å². The van der Waals surface area contributed by atoms with Gasteiger partial charge in [-0.3, -0.25) is 5.32 Å². The molecule has 94 valence electrons. The fraction of sp³-hybridized carbons (Fsp3) is 0.0909. The molecule has 0 unspecified atom stereocenters. The van der Waals surface area contributed by atoms with E-state index in [4.69, 9.17) is 14.6 Å². The maximum absolute atomic E-state index is 13.7. The zero-order chi connectivity index (χ0) is 13.1. The SMILES string of the molecule is O=C(O)Nc1ccc(-c2nc(CO)co2)c(F)c1. The Labute approximate surface area is 101 Å². The molecule has 1 heterocycles. The van der Waals surface area contributed by atoms with Gasteiger partial charge < -0.3 is 14.6 Å². The van der Waals surface area contributed by atoms with Crippen LogP contribution in [0.5, 0.6) is 0 Å². The predicted molar refractivity (Wildman–Crippen MR) is 59.5 cm³/mol. The molecular weight excluding hydrogens is 243 g/mol. The fourth-order valence-electron chi connectivity index (χ4n) is 1.39. The summed E-state index contributed by atoms with van der Waals surface area (Å²) in [6, 6.07) is 3.75. The Morgan fingerprint density at radius 3 is 2.83 bits per heavy atom. The van der Waals surface area contributed by atoms with Crippen LogP contribution >= 0.6 is 0 Å². The highest BCUT2D eigenvalue weighted by molar-refractivity contribution is 5.83. The van der Waals surface area contributed by atoms with Crippen LogP contribution in [0.3, 0.4) is 0 Å². The average molecular weight is 252 g/mol. The summed E-state index contributed by atoms with van der Waals surface area (Å²) in [5.74, 6) is -0.647. The van der Waals surface area contributed by atoms with Crippen molar-refractivity contribution in [2.24, 2.45) is 0 Å². The molecule has 0 aliphatic rings. The van der Waals surface area contributed by atoms with E-state index >= 15 is 0 Å². The molecule has 0 aliphatic carbocycles. The van der Waals surface area contributed by atoms with Crippen molar-refractivity contribution in [2.45, 2.75) is 6.61 Å². The van der Waals surface area contributed by atoms with Crippen molar-refractivity contribution in [1.29, 1.82) is 0 Å². The summed E-state index contributed by atoms with van der Waals surface area (Å²) in [6.07, 6.45) is -0.0566. The highest BCUT2D eigenvalue weighted by atomic mass is 19.1. The minimum Gasteiger partial charge on any atom is -0.465 e. The number of oxazole rings is 1. The molecule has 2 rings (SSSR count). The highest BCUT2D eigenvalue weighted by Crippen LogP contribution is 2.24. The van der Waals surface area contributed by atoms with Gasteiger partial charge in [-0.05, 0) is 18.2 Å². The van der Waals surface area contributed by atoms with Crippen molar-refractivity contribution >= 4 is 11.8 Å². The van der Waals surface area contributed by atoms with Gasteiger partial charge in [0.15, 0.2) is 0 Å². The van der Waals surface area contributed by atoms with Crippen molar-refractivity contribution in [3.63, 3.8) is 0 Å². The molecule has 1 amide bonds. The number of carbonyl (C=O) groups is 1. The van der Waals surface area contributed by atoms with Crippen LogP contribution in [-0.2, 0) is 6.61 Å². The van der Waals surface area contributed by atoms with E-state index in [9.17, 15) is 9.18 Å². The van der Waals surface area contributed by atoms with Gasteiger partial charge in [-0.15, -0.1) is 0 Å². The molecule has 0 radical (unpaired) electrons. The third-order valence-electron chi connectivity index (χ3n) is 2.16. The number of aliphatic hydroxyl groups is 1. The predicted octanol–water partition coefficient (Wildman–Crippen LogP) is 2.06. The lowest BCUT2D eigenvalue weighted by Crippen LogP contribution is -2.07. The number of nitrogens with one attached hydrogen (secondary N) is 1. The summed E-state index contributed by atoms with van der Waals surface area (Å²) in [7, 11) is 0. The number of amides is 1. The van der Waals surface area contributed by atoms with E-state index in [0.29, 0.717) is 0 Å². The summed E-state index contributed by atoms with van der Waals surface area (Å²) in [5.41, 5.74) is 0.487. The lowest BCUT2D eigenvalue weighted by atomic mass is 10.2. The van der Waals surface area contributed by atoms with Crippen molar-refractivity contribution in [3.8, 4) is 11.5 Å². The zero-order valence-corrected chi connectivity index (χ0v) is 9.05. The normalized spacial score (nSPS) is 10.3. The number of anilines is 1. The lowest BCUT2D eigenvalue weighted by molar-refractivity contribution is 0.209. The quantitative estimate of drug-likeness (QED) is 0.777. The van der Waals surface area contributed by atoms with E-state index < -0.39 is 11.9 Å². The second-order valence-electron chi connectivity index (χ2n) is 3.43. The Morgan fingerprint density at radius 2 is 2.28 bits per heavy atom. The molecule has 2 aromatic rings. The molecule has 3 N–H and O–H groups in total. The van der Waals surface area contributed by atoms with Crippen LogP contribution in [0, 0.1) is 5.82 Å². The Morgan fingerprint density at radius 1 is 1.50 bits per heavy atom. The van der Waals surface area contributed by atoms with Gasteiger partial charge in [-0.25, -0.2) is 14.2 Å². The number of nitrogens with zero attached hydrogens (tertiary/aromatic N) is 1. The minimum atomic E-state index is -1.28. The number of hydrogen-bond acceptors (Lipinski definition) is 4.